The zero-order chi connectivity index (χ0) is 83.5. The summed E-state index contributed by atoms with van der Waals surface area (Å²) in [6.07, 6.45) is 15.7. The number of benzene rings is 2. The van der Waals surface area contributed by atoms with E-state index in [4.69, 9.17) is 50.9 Å². The number of anilines is 1. The SMILES string of the molecule is CC(C)C[C@H](NC(=O)COCCOCCNC(=O)COCCOCCNC(=O)CC[C@H](NC(=O)CCCCCCCCCCCCCCC(=O)O)C(=O)O)C(=O)N[C@@H](CO)C(=O)NCC(=O)N[C@@H](CCCCN)C(=O)Nc1ccc(COC(=O)NCOCCn2cnc(-c3ccc(F)c(Cl)c3)c2-c2ccc3ncc(C#N)n3n2)cc1. The number of aliphatic hydroxyl groups is 1. The van der Waals surface area contributed by atoms with Gasteiger partial charge in [-0.05, 0) is 105 Å². The number of fused-ring (bicyclic) bond motifs is 1. The largest absolute Gasteiger partial charge is 0.481 e. The quantitative estimate of drug-likeness (QED) is 0.0185. The minimum atomic E-state index is -1.54. The number of carbonyl (C=O) groups is 11. The van der Waals surface area contributed by atoms with Crippen molar-refractivity contribution in [2.75, 3.05) is 104 Å². The van der Waals surface area contributed by atoms with Crippen LogP contribution >= 0.6 is 11.6 Å². The summed E-state index contributed by atoms with van der Waals surface area (Å²) in [5.74, 6) is -7.63. The monoisotopic (exact) mass is 1630 g/mol. The van der Waals surface area contributed by atoms with E-state index in [0.717, 1.165) is 70.6 Å². The number of amides is 9. The summed E-state index contributed by atoms with van der Waals surface area (Å²) in [6, 6.07) is 11.0. The summed E-state index contributed by atoms with van der Waals surface area (Å²) in [5.41, 5.74) is 9.15. The predicted molar refractivity (Wildman–Crippen MR) is 417 cm³/mol. The van der Waals surface area contributed by atoms with E-state index in [0.29, 0.717) is 65.4 Å². The Kier molecular flexibility index (Phi) is 45.7. The van der Waals surface area contributed by atoms with Gasteiger partial charge in [0.1, 0.15) is 68.3 Å². The number of aliphatic hydroxyl groups excluding tert-OH is 1. The van der Waals surface area contributed by atoms with Crippen LogP contribution in [0.4, 0.5) is 14.9 Å². The van der Waals surface area contributed by atoms with E-state index in [1.165, 1.54) is 28.9 Å². The van der Waals surface area contributed by atoms with E-state index < -0.39 is 109 Å². The van der Waals surface area contributed by atoms with Crippen LogP contribution in [0.3, 0.4) is 0 Å². The lowest BCUT2D eigenvalue weighted by Gasteiger charge is -2.23. The molecule has 632 valence electrons. The molecule has 115 heavy (non-hydrogen) atoms. The van der Waals surface area contributed by atoms with Gasteiger partial charge in [0.05, 0.1) is 88.3 Å². The van der Waals surface area contributed by atoms with Gasteiger partial charge in [-0.25, -0.2) is 28.5 Å². The number of carbonyl (C=O) groups excluding carboxylic acids is 9. The van der Waals surface area contributed by atoms with E-state index >= 15 is 0 Å². The van der Waals surface area contributed by atoms with Crippen molar-refractivity contribution in [2.24, 2.45) is 11.7 Å². The first-order valence-electron chi connectivity index (χ1n) is 38.7. The summed E-state index contributed by atoms with van der Waals surface area (Å²) >= 11 is 6.12. The highest BCUT2D eigenvalue weighted by molar-refractivity contribution is 6.31. The minimum Gasteiger partial charge on any atom is -0.481 e. The van der Waals surface area contributed by atoms with Crippen molar-refractivity contribution in [1.82, 2.24) is 66.7 Å². The summed E-state index contributed by atoms with van der Waals surface area (Å²) < 4.78 is 49.9. The van der Waals surface area contributed by atoms with E-state index in [1.54, 1.807) is 61.1 Å². The molecule has 0 aliphatic rings. The Morgan fingerprint density at radius 2 is 1.23 bits per heavy atom. The number of hydrogen-bond donors (Lipinski definition) is 13. The van der Waals surface area contributed by atoms with Crippen molar-refractivity contribution in [3.63, 3.8) is 0 Å². The number of nitriles is 1. The molecule has 3 aromatic heterocycles. The Morgan fingerprint density at radius 3 is 1.85 bits per heavy atom. The zero-order valence-electron chi connectivity index (χ0n) is 65.2. The molecule has 5 rings (SSSR count). The van der Waals surface area contributed by atoms with Gasteiger partial charge in [0, 0.05) is 50.1 Å². The standard InChI is InChI=1S/C77H110ClFN16O20/c1-52(2)41-62(91-69(101)49-113-40-38-111-35-32-83-68(100)48-112-39-37-110-34-31-82-65(97)29-27-61(76(107)108)90-66(98)18-13-11-9-7-5-3-4-6-8-10-12-14-19-70(102)103)75(106)92-63(46-96)73(104)85-45-67(99)89-60(17-15-16-30-80)74(105)88-55-23-20-53(21-24-55)47-115-77(109)87-51-114-36-33-94-50-86-71(54-22-25-58(79)57(78)42-54)72(94)59-26-28-64-84-44-56(43-81)95(64)93-59/h20-26,28,42,44,50,52,60-63,96H,3-19,27,29-41,45-49,51,80H2,1-2H3,(H,82,97)(H,83,100)(H,85,104)(H,87,109)(H,88,105)(H,89,99)(H,90,98)(H,91,101)(H,92,106)(H,102,103)(H,107,108)/t60-,61-,62-,63-/m0/s1. The topological polar surface area (TPSA) is 510 Å². The molecule has 0 bridgehead atoms. The van der Waals surface area contributed by atoms with Gasteiger partial charge < -0.3 is 96.6 Å². The lowest BCUT2D eigenvalue weighted by atomic mass is 10.0. The summed E-state index contributed by atoms with van der Waals surface area (Å²) in [6.45, 7) is 2.37. The Morgan fingerprint density at radius 1 is 0.600 bits per heavy atom. The second-order valence-corrected chi connectivity index (χ2v) is 27.7. The third-order valence-corrected chi connectivity index (χ3v) is 17.8. The van der Waals surface area contributed by atoms with Crippen LogP contribution in [-0.2, 0) is 89.5 Å². The molecular formula is C77H110ClFN16O20. The number of halogens is 2. The molecule has 0 aliphatic carbocycles. The molecule has 0 aliphatic heterocycles. The molecule has 5 aromatic rings. The second-order valence-electron chi connectivity index (χ2n) is 27.3. The van der Waals surface area contributed by atoms with Crippen LogP contribution in [-0.4, -0.2) is 228 Å². The van der Waals surface area contributed by atoms with Crippen LogP contribution in [0.1, 0.15) is 154 Å². The van der Waals surface area contributed by atoms with E-state index in [9.17, 15) is 72.6 Å². The van der Waals surface area contributed by atoms with Gasteiger partial charge in [-0.1, -0.05) is 102 Å². The van der Waals surface area contributed by atoms with Crippen LogP contribution in [0, 0.1) is 23.1 Å². The number of aromatic nitrogens is 5. The number of nitrogens with one attached hydrogen (secondary N) is 9. The highest BCUT2D eigenvalue weighted by Gasteiger charge is 2.29. The highest BCUT2D eigenvalue weighted by Crippen LogP contribution is 2.33. The maximum atomic E-state index is 14.1. The highest BCUT2D eigenvalue weighted by atomic mass is 35.5. The number of hydrogen-bond acceptors (Lipinski definition) is 23. The lowest BCUT2D eigenvalue weighted by molar-refractivity contribution is -0.142. The summed E-state index contributed by atoms with van der Waals surface area (Å²) in [4.78, 5) is 147. The van der Waals surface area contributed by atoms with Gasteiger partial charge in [-0.15, -0.1) is 0 Å². The van der Waals surface area contributed by atoms with E-state index in [2.05, 4.69) is 69.0 Å². The molecule has 3 heterocycles. The van der Waals surface area contributed by atoms with Crippen molar-refractivity contribution < 1.29 is 101 Å². The number of unbranched alkanes of at least 4 members (excludes halogenated alkanes) is 12. The molecule has 0 saturated carbocycles. The average Bonchev–Trinajstić information content (AvgIpc) is 1.66. The van der Waals surface area contributed by atoms with Gasteiger partial charge >= 0.3 is 18.0 Å². The van der Waals surface area contributed by atoms with Crippen LogP contribution in [0.5, 0.6) is 0 Å². The normalized spacial score (nSPS) is 12.2. The number of ether oxygens (including phenoxy) is 6. The van der Waals surface area contributed by atoms with Gasteiger partial charge in [-0.3, -0.25) is 48.5 Å². The zero-order valence-corrected chi connectivity index (χ0v) is 66.0. The number of nitrogens with two attached hydrogens (primary N) is 1. The fraction of sp³-hybridized carbons (Fsp3) is 0.571. The summed E-state index contributed by atoms with van der Waals surface area (Å²) in [7, 11) is 0. The van der Waals surface area contributed by atoms with Crippen molar-refractivity contribution >= 4 is 88.2 Å². The molecule has 0 spiro atoms. The van der Waals surface area contributed by atoms with Crippen LogP contribution in [0.2, 0.25) is 5.02 Å². The van der Waals surface area contributed by atoms with Gasteiger partial charge in [0.2, 0.25) is 47.3 Å². The molecule has 4 atom stereocenters. The Bertz CT molecular complexity index is 3920. The molecule has 0 unspecified atom stereocenters. The Hall–Kier alpha value is -10.3. The molecule has 0 saturated heterocycles. The molecule has 2 aromatic carbocycles. The second kappa shape index (κ2) is 55.2. The number of rotatable bonds is 61. The number of alkyl carbamates (subject to hydrolysis) is 1. The first-order chi connectivity index (χ1) is 55.5. The first kappa shape index (κ1) is 95.3. The molecule has 0 radical (unpaired) electrons. The van der Waals surface area contributed by atoms with E-state index in [-0.39, 0.29) is 147 Å². The molecule has 14 N–H and O–H groups in total. The van der Waals surface area contributed by atoms with Gasteiger partial charge in [-0.2, -0.15) is 10.4 Å². The summed E-state index contributed by atoms with van der Waals surface area (Å²) in [5, 5.41) is 65.5. The van der Waals surface area contributed by atoms with Crippen LogP contribution < -0.4 is 53.6 Å². The fourth-order valence-electron chi connectivity index (χ4n) is 11.5. The Balaban J connectivity index is 0.884. The maximum absolute atomic E-state index is 14.1. The van der Waals surface area contributed by atoms with Crippen LogP contribution in [0.25, 0.3) is 28.3 Å². The number of nitrogens with zero attached hydrogens (tertiary/aromatic N) is 6. The first-order valence-corrected chi connectivity index (χ1v) is 39.1. The molecule has 36 nitrogen and oxygen atoms in total. The van der Waals surface area contributed by atoms with E-state index in [1.807, 2.05) is 0 Å². The fourth-order valence-corrected chi connectivity index (χ4v) is 11.7. The van der Waals surface area contributed by atoms with Gasteiger partial charge in [0.25, 0.3) is 0 Å². The van der Waals surface area contributed by atoms with Crippen molar-refractivity contribution in [3.05, 3.63) is 89.2 Å². The number of carboxylic acid groups (broad SMARTS) is 2. The maximum Gasteiger partial charge on any atom is 0.409 e. The van der Waals surface area contributed by atoms with Crippen LogP contribution in [0.15, 0.2) is 67.1 Å². The van der Waals surface area contributed by atoms with Crippen molar-refractivity contribution in [3.8, 4) is 28.7 Å². The third-order valence-electron chi connectivity index (χ3n) is 17.5. The molecule has 38 heteroatoms. The molecular weight excluding hydrogens is 1520 g/mol. The average molecular weight is 1630 g/mol. The number of imidazole rings is 2. The minimum absolute atomic E-state index is 0.0236. The molecule has 0 fully saturated rings. The lowest BCUT2D eigenvalue weighted by Crippen LogP contribution is -2.56. The molecule has 9 amide bonds. The third kappa shape index (κ3) is 38.6. The number of aliphatic carboxylic acids is 2. The predicted octanol–water partition coefficient (Wildman–Crippen LogP) is 4.70. The number of carboxylic acids is 2. The smallest absolute Gasteiger partial charge is 0.409 e. The van der Waals surface area contributed by atoms with Gasteiger partial charge in [0.15, 0.2) is 11.3 Å². The Labute approximate surface area is 671 Å². The van der Waals surface area contributed by atoms with Crippen molar-refractivity contribution in [2.45, 2.75) is 180 Å². The van der Waals surface area contributed by atoms with Crippen molar-refractivity contribution in [1.29, 1.82) is 5.26 Å².